The summed E-state index contributed by atoms with van der Waals surface area (Å²) in [5.41, 5.74) is 7.38. The van der Waals surface area contributed by atoms with Crippen molar-refractivity contribution in [3.8, 4) is 16.2 Å². The Morgan fingerprint density at radius 3 is 2.91 bits per heavy atom. The number of aromatic nitrogens is 4. The molecule has 1 aromatic carbocycles. The summed E-state index contributed by atoms with van der Waals surface area (Å²) in [6, 6.07) is 4.01. The lowest BCUT2D eigenvalue weighted by Gasteiger charge is -2.09. The van der Waals surface area contributed by atoms with Crippen LogP contribution in [0.1, 0.15) is 12.8 Å². The first-order valence-corrected chi connectivity index (χ1v) is 8.31. The van der Waals surface area contributed by atoms with Crippen LogP contribution >= 0.6 is 11.5 Å². The molecule has 0 unspecified atom stereocenters. The summed E-state index contributed by atoms with van der Waals surface area (Å²) in [5, 5.41) is 11.9. The van der Waals surface area contributed by atoms with Gasteiger partial charge in [-0.1, -0.05) is 4.49 Å². The molecule has 7 nitrogen and oxygen atoms in total. The number of benzene rings is 1. The van der Waals surface area contributed by atoms with Gasteiger partial charge in [-0.15, -0.1) is 5.10 Å². The number of nitrogens with one attached hydrogen (secondary N) is 1. The number of hydrogen-bond acceptors (Lipinski definition) is 7. The zero-order valence-corrected chi connectivity index (χ0v) is 13.5. The molecule has 0 bridgehead atoms. The monoisotopic (exact) mass is 333 g/mol. The van der Waals surface area contributed by atoms with Crippen LogP contribution in [0.25, 0.3) is 21.3 Å². The Balaban J connectivity index is 1.64. The van der Waals surface area contributed by atoms with Crippen LogP contribution in [0.4, 0.5) is 0 Å². The van der Waals surface area contributed by atoms with Gasteiger partial charge < -0.3 is 15.2 Å². The summed E-state index contributed by atoms with van der Waals surface area (Å²) in [6.07, 6.45) is 5.48. The van der Waals surface area contributed by atoms with E-state index in [4.69, 9.17) is 15.2 Å². The summed E-state index contributed by atoms with van der Waals surface area (Å²) >= 11 is 1.35. The van der Waals surface area contributed by atoms with Gasteiger partial charge in [0, 0.05) is 12.2 Å². The van der Waals surface area contributed by atoms with E-state index in [0.29, 0.717) is 26.4 Å². The molecule has 8 heteroatoms. The fraction of sp³-hybridized carbons (Fsp3) is 0.400. The van der Waals surface area contributed by atoms with Crippen molar-refractivity contribution < 1.29 is 9.47 Å². The van der Waals surface area contributed by atoms with Gasteiger partial charge in [0.15, 0.2) is 0 Å². The highest BCUT2D eigenvalue weighted by atomic mass is 32.1. The SMILES string of the molecule is NCCCCOCCOc1cc(-c2cnns2)cc2[nH]ncc12. The van der Waals surface area contributed by atoms with E-state index in [2.05, 4.69) is 19.8 Å². The van der Waals surface area contributed by atoms with Crippen molar-refractivity contribution >= 4 is 22.4 Å². The predicted molar refractivity (Wildman–Crippen MR) is 89.6 cm³/mol. The third-order valence-corrected chi connectivity index (χ3v) is 4.11. The number of aromatic amines is 1. The van der Waals surface area contributed by atoms with E-state index >= 15 is 0 Å². The molecule has 0 aliphatic rings. The van der Waals surface area contributed by atoms with Crippen molar-refractivity contribution in [1.29, 1.82) is 0 Å². The molecule has 122 valence electrons. The van der Waals surface area contributed by atoms with Crippen LogP contribution in [0.5, 0.6) is 5.75 Å². The maximum absolute atomic E-state index is 5.88. The van der Waals surface area contributed by atoms with Gasteiger partial charge in [0.25, 0.3) is 0 Å². The van der Waals surface area contributed by atoms with Crippen LogP contribution in [0.15, 0.2) is 24.5 Å². The van der Waals surface area contributed by atoms with E-state index in [1.807, 2.05) is 12.1 Å². The van der Waals surface area contributed by atoms with E-state index in [1.165, 1.54) is 11.5 Å². The fourth-order valence-electron chi connectivity index (χ4n) is 2.24. The van der Waals surface area contributed by atoms with Crippen molar-refractivity contribution in [2.24, 2.45) is 5.73 Å². The molecule has 2 heterocycles. The molecule has 3 rings (SSSR count). The Hall–Kier alpha value is -2.03. The maximum Gasteiger partial charge on any atom is 0.131 e. The second-order valence-electron chi connectivity index (χ2n) is 5.04. The molecule has 3 aromatic rings. The van der Waals surface area contributed by atoms with Crippen molar-refractivity contribution in [3.05, 3.63) is 24.5 Å². The number of ether oxygens (including phenoxy) is 2. The number of hydrogen-bond donors (Lipinski definition) is 2. The maximum atomic E-state index is 5.88. The highest BCUT2D eigenvalue weighted by Gasteiger charge is 2.10. The normalized spacial score (nSPS) is 11.2. The number of nitrogens with two attached hydrogens (primary N) is 1. The summed E-state index contributed by atoms with van der Waals surface area (Å²) < 4.78 is 15.3. The van der Waals surface area contributed by atoms with Crippen molar-refractivity contribution in [2.75, 3.05) is 26.4 Å². The van der Waals surface area contributed by atoms with Gasteiger partial charge in [0.05, 0.1) is 34.8 Å². The molecule has 0 fully saturated rings. The fourth-order valence-corrected chi connectivity index (χ4v) is 2.74. The number of fused-ring (bicyclic) bond motifs is 1. The minimum Gasteiger partial charge on any atom is -0.490 e. The van der Waals surface area contributed by atoms with Crippen molar-refractivity contribution in [2.45, 2.75) is 12.8 Å². The zero-order valence-electron chi connectivity index (χ0n) is 12.7. The van der Waals surface area contributed by atoms with Crippen LogP contribution in [0.2, 0.25) is 0 Å². The first kappa shape index (κ1) is 15.9. The first-order chi connectivity index (χ1) is 11.4. The Morgan fingerprint density at radius 2 is 2.09 bits per heavy atom. The second-order valence-corrected chi connectivity index (χ2v) is 5.83. The number of unbranched alkanes of at least 4 members (excludes halogenated alkanes) is 1. The van der Waals surface area contributed by atoms with Gasteiger partial charge in [0.2, 0.25) is 0 Å². The smallest absolute Gasteiger partial charge is 0.131 e. The average Bonchev–Trinajstić information content (AvgIpc) is 3.24. The molecule has 0 spiro atoms. The zero-order chi connectivity index (χ0) is 15.9. The summed E-state index contributed by atoms with van der Waals surface area (Å²) in [5.74, 6) is 0.783. The highest BCUT2D eigenvalue weighted by Crippen LogP contribution is 2.32. The largest absolute Gasteiger partial charge is 0.490 e. The molecule has 3 N–H and O–H groups in total. The molecule has 0 saturated heterocycles. The molecular formula is C15H19N5O2S. The van der Waals surface area contributed by atoms with Gasteiger partial charge in [-0.3, -0.25) is 5.10 Å². The summed E-state index contributed by atoms with van der Waals surface area (Å²) in [6.45, 7) is 2.47. The molecular weight excluding hydrogens is 314 g/mol. The van der Waals surface area contributed by atoms with E-state index in [9.17, 15) is 0 Å². The third kappa shape index (κ3) is 4.04. The molecule has 0 amide bonds. The minimum absolute atomic E-state index is 0.493. The van der Waals surface area contributed by atoms with Crippen molar-refractivity contribution in [1.82, 2.24) is 19.8 Å². The molecule has 0 saturated carbocycles. The van der Waals surface area contributed by atoms with Gasteiger partial charge in [-0.05, 0) is 43.1 Å². The van der Waals surface area contributed by atoms with Crippen LogP contribution in [-0.4, -0.2) is 46.1 Å². The van der Waals surface area contributed by atoms with Gasteiger partial charge >= 0.3 is 0 Å². The van der Waals surface area contributed by atoms with Gasteiger partial charge in [-0.25, -0.2) is 0 Å². The Morgan fingerprint density at radius 1 is 1.13 bits per heavy atom. The van der Waals surface area contributed by atoms with E-state index in [0.717, 1.165) is 39.9 Å². The summed E-state index contributed by atoms with van der Waals surface area (Å²) in [7, 11) is 0. The Labute approximate surface area is 138 Å². The van der Waals surface area contributed by atoms with Crippen LogP contribution in [-0.2, 0) is 4.74 Å². The minimum atomic E-state index is 0.493. The van der Waals surface area contributed by atoms with E-state index < -0.39 is 0 Å². The molecule has 23 heavy (non-hydrogen) atoms. The molecule has 0 atom stereocenters. The molecule has 0 aliphatic heterocycles. The Kier molecular flexibility index (Phi) is 5.51. The first-order valence-electron chi connectivity index (χ1n) is 7.54. The second kappa shape index (κ2) is 8.00. The molecule has 0 aliphatic carbocycles. The van der Waals surface area contributed by atoms with Gasteiger partial charge in [-0.2, -0.15) is 5.10 Å². The predicted octanol–water partition coefficient (Wildman–Crippen LogP) is 2.22. The quantitative estimate of drug-likeness (QED) is 0.583. The van der Waals surface area contributed by atoms with E-state index in [1.54, 1.807) is 12.4 Å². The Bertz CT molecular complexity index is 729. The third-order valence-electron chi connectivity index (χ3n) is 3.39. The lowest BCUT2D eigenvalue weighted by Crippen LogP contribution is -2.08. The average molecular weight is 333 g/mol. The number of nitrogens with zero attached hydrogens (tertiary/aromatic N) is 3. The lowest BCUT2D eigenvalue weighted by molar-refractivity contribution is 0.0982. The summed E-state index contributed by atoms with van der Waals surface area (Å²) in [4.78, 5) is 0.990. The van der Waals surface area contributed by atoms with E-state index in [-0.39, 0.29) is 0 Å². The topological polar surface area (TPSA) is 98.9 Å². The van der Waals surface area contributed by atoms with Gasteiger partial charge in [0.1, 0.15) is 12.4 Å². The number of rotatable bonds is 9. The van der Waals surface area contributed by atoms with Crippen LogP contribution in [0.3, 0.4) is 0 Å². The lowest BCUT2D eigenvalue weighted by atomic mass is 10.1. The van der Waals surface area contributed by atoms with Crippen molar-refractivity contribution in [3.63, 3.8) is 0 Å². The highest BCUT2D eigenvalue weighted by molar-refractivity contribution is 7.09. The van der Waals surface area contributed by atoms with Crippen LogP contribution < -0.4 is 10.5 Å². The number of H-pyrrole nitrogens is 1. The van der Waals surface area contributed by atoms with Crippen LogP contribution in [0, 0.1) is 0 Å². The molecule has 2 aromatic heterocycles. The molecule has 0 radical (unpaired) electrons. The standard InChI is InChI=1S/C15H19N5O2S/c16-3-1-2-4-21-5-6-22-14-8-11(15-10-18-20-23-15)7-13-12(14)9-17-19-13/h7-10H,1-6,16H2,(H,17,19).